The van der Waals surface area contributed by atoms with Gasteiger partial charge in [-0.2, -0.15) is 0 Å². The molecule has 9 heteroatoms. The number of amides is 1. The molecule has 0 spiro atoms. The quantitative estimate of drug-likeness (QED) is 0.237. The highest BCUT2D eigenvalue weighted by Gasteiger charge is 2.21. The van der Waals surface area contributed by atoms with Gasteiger partial charge >= 0.3 is 0 Å². The second-order valence-corrected chi connectivity index (χ2v) is 8.30. The van der Waals surface area contributed by atoms with Crippen LogP contribution in [-0.4, -0.2) is 39.0 Å². The summed E-state index contributed by atoms with van der Waals surface area (Å²) in [7, 11) is -3.58. The van der Waals surface area contributed by atoms with Crippen LogP contribution in [0.1, 0.15) is 62.2 Å². The molecule has 0 fully saturated rings. The Morgan fingerprint density at radius 2 is 1.64 bits per heavy atom. The molecule has 1 aromatic rings. The van der Waals surface area contributed by atoms with E-state index in [0.717, 1.165) is 32.1 Å². The number of halogens is 1. The van der Waals surface area contributed by atoms with Crippen molar-refractivity contribution in [1.29, 1.82) is 0 Å². The maximum Gasteiger partial charge on any atom is 0.292 e. The molecule has 28 heavy (non-hydrogen) atoms. The molecule has 1 rings (SSSR count). The van der Waals surface area contributed by atoms with Crippen molar-refractivity contribution in [2.24, 2.45) is 5.73 Å². The van der Waals surface area contributed by atoms with Crippen LogP contribution < -0.4 is 15.8 Å². The monoisotopic (exact) mass is 433 g/mol. The second kappa shape index (κ2) is 14.4. The first-order valence-corrected chi connectivity index (χ1v) is 11.2. The van der Waals surface area contributed by atoms with E-state index in [2.05, 4.69) is 17.0 Å². The molecule has 1 aromatic carbocycles. The van der Waals surface area contributed by atoms with Crippen molar-refractivity contribution < 1.29 is 18.0 Å². The van der Waals surface area contributed by atoms with Gasteiger partial charge in [0.05, 0.1) is 17.0 Å². The van der Waals surface area contributed by atoms with Gasteiger partial charge in [-0.05, 0) is 31.5 Å². The van der Waals surface area contributed by atoms with Crippen LogP contribution in [0.3, 0.4) is 0 Å². The van der Waals surface area contributed by atoms with Crippen molar-refractivity contribution in [3.8, 4) is 0 Å². The van der Waals surface area contributed by atoms with Crippen LogP contribution in [0.5, 0.6) is 0 Å². The molecule has 0 bridgehead atoms. The zero-order chi connectivity index (χ0) is 20.1. The number of Topliss-reactive ketones (excluding diaryl/α,β-unsaturated/α-hetero) is 1. The maximum atomic E-state index is 12.3. The number of anilines is 1. The first-order chi connectivity index (χ1) is 12.9. The predicted octanol–water partition coefficient (Wildman–Crippen LogP) is 2.86. The SMILES string of the molecule is CCCCCCCCS(=O)(=O)Nc1ccccc1C(=O)C(=O)NCCCN.Cl. The van der Waals surface area contributed by atoms with Crippen molar-refractivity contribution in [1.82, 2.24) is 5.32 Å². The highest BCUT2D eigenvalue weighted by atomic mass is 35.5. The van der Waals surface area contributed by atoms with Gasteiger partial charge in [-0.1, -0.05) is 51.2 Å². The van der Waals surface area contributed by atoms with Crippen molar-refractivity contribution >= 4 is 39.8 Å². The molecule has 160 valence electrons. The van der Waals surface area contributed by atoms with Gasteiger partial charge in [0.1, 0.15) is 0 Å². The van der Waals surface area contributed by atoms with Crippen LogP contribution in [0.15, 0.2) is 24.3 Å². The number of carbonyl (C=O) groups is 2. The topological polar surface area (TPSA) is 118 Å². The van der Waals surface area contributed by atoms with E-state index in [-0.39, 0.29) is 29.4 Å². The zero-order valence-electron chi connectivity index (χ0n) is 16.4. The Hall–Kier alpha value is -1.64. The Bertz CT molecular complexity index is 711. The number of hydrogen-bond donors (Lipinski definition) is 3. The molecular formula is C19H32ClN3O4S. The summed E-state index contributed by atoms with van der Waals surface area (Å²) in [5.41, 5.74) is 5.52. The van der Waals surface area contributed by atoms with Crippen LogP contribution in [0.4, 0.5) is 5.69 Å². The minimum absolute atomic E-state index is 0. The van der Waals surface area contributed by atoms with E-state index in [1.807, 2.05) is 0 Å². The molecule has 0 aliphatic carbocycles. The summed E-state index contributed by atoms with van der Waals surface area (Å²) < 4.78 is 27.1. The minimum atomic E-state index is -3.58. The molecule has 0 aromatic heterocycles. The van der Waals surface area contributed by atoms with E-state index in [0.29, 0.717) is 25.9 Å². The number of rotatable bonds is 14. The molecule has 7 nitrogen and oxygen atoms in total. The minimum Gasteiger partial charge on any atom is -0.349 e. The summed E-state index contributed by atoms with van der Waals surface area (Å²) in [6.45, 7) is 2.84. The van der Waals surface area contributed by atoms with Crippen molar-refractivity contribution in [3.05, 3.63) is 29.8 Å². The molecule has 0 aliphatic rings. The van der Waals surface area contributed by atoms with Crippen LogP contribution in [0, 0.1) is 0 Å². The van der Waals surface area contributed by atoms with E-state index in [1.165, 1.54) is 12.1 Å². The number of nitrogens with one attached hydrogen (secondary N) is 2. The molecule has 0 saturated heterocycles. The fourth-order valence-electron chi connectivity index (χ4n) is 2.57. The number of para-hydroxylation sites is 1. The Labute approximate surface area is 174 Å². The van der Waals surface area contributed by atoms with Gasteiger partial charge in [0.15, 0.2) is 0 Å². The van der Waals surface area contributed by atoms with E-state index in [1.54, 1.807) is 12.1 Å². The number of hydrogen-bond acceptors (Lipinski definition) is 5. The lowest BCUT2D eigenvalue weighted by Gasteiger charge is -2.12. The average Bonchev–Trinajstić information content (AvgIpc) is 2.64. The Morgan fingerprint density at radius 3 is 2.32 bits per heavy atom. The molecule has 0 heterocycles. The standard InChI is InChI=1S/C19H31N3O4S.ClH/c1-2-3-4-5-6-9-15-27(25,26)22-17-12-8-7-11-16(17)18(23)19(24)21-14-10-13-20;/h7-8,11-12,22H,2-6,9-10,13-15,20H2,1H3,(H,21,24);1H. The van der Waals surface area contributed by atoms with E-state index in [9.17, 15) is 18.0 Å². The number of carbonyl (C=O) groups excluding carboxylic acids is 2. The van der Waals surface area contributed by atoms with E-state index >= 15 is 0 Å². The van der Waals surface area contributed by atoms with Gasteiger partial charge < -0.3 is 11.1 Å². The second-order valence-electron chi connectivity index (χ2n) is 6.46. The lowest BCUT2D eigenvalue weighted by molar-refractivity contribution is -0.117. The molecule has 0 radical (unpaired) electrons. The largest absolute Gasteiger partial charge is 0.349 e. The Balaban J connectivity index is 0.00000729. The third-order valence-electron chi connectivity index (χ3n) is 4.08. The third kappa shape index (κ3) is 10.1. The zero-order valence-corrected chi connectivity index (χ0v) is 18.0. The fraction of sp³-hybridized carbons (Fsp3) is 0.579. The number of sulfonamides is 1. The van der Waals surface area contributed by atoms with Crippen LogP contribution in [0.25, 0.3) is 0 Å². The van der Waals surface area contributed by atoms with E-state index in [4.69, 9.17) is 5.73 Å². The van der Waals surface area contributed by atoms with Gasteiger partial charge in [0.25, 0.3) is 11.7 Å². The fourth-order valence-corrected chi connectivity index (χ4v) is 3.77. The van der Waals surface area contributed by atoms with Crippen LogP contribution in [0.2, 0.25) is 0 Å². The van der Waals surface area contributed by atoms with E-state index < -0.39 is 21.7 Å². The number of benzene rings is 1. The normalized spacial score (nSPS) is 10.8. The summed E-state index contributed by atoms with van der Waals surface area (Å²) in [5.74, 6) is -1.56. The summed E-state index contributed by atoms with van der Waals surface area (Å²) in [4.78, 5) is 24.3. The van der Waals surface area contributed by atoms with Crippen molar-refractivity contribution in [3.63, 3.8) is 0 Å². The van der Waals surface area contributed by atoms with Crippen molar-refractivity contribution in [2.75, 3.05) is 23.6 Å². The van der Waals surface area contributed by atoms with Crippen LogP contribution >= 0.6 is 12.4 Å². The van der Waals surface area contributed by atoms with Gasteiger partial charge in [-0.25, -0.2) is 8.42 Å². The van der Waals surface area contributed by atoms with Gasteiger partial charge in [0.2, 0.25) is 10.0 Å². The van der Waals surface area contributed by atoms with Gasteiger partial charge in [-0.15, -0.1) is 12.4 Å². The Morgan fingerprint density at radius 1 is 1.00 bits per heavy atom. The molecule has 0 saturated carbocycles. The number of ketones is 1. The molecular weight excluding hydrogens is 402 g/mol. The first kappa shape index (κ1) is 26.4. The molecule has 1 amide bonds. The lowest BCUT2D eigenvalue weighted by atomic mass is 10.1. The molecule has 0 aliphatic heterocycles. The predicted molar refractivity (Wildman–Crippen MR) is 115 cm³/mol. The van der Waals surface area contributed by atoms with Gasteiger partial charge in [0, 0.05) is 6.54 Å². The Kier molecular flexibility index (Phi) is 13.5. The first-order valence-electron chi connectivity index (χ1n) is 9.53. The maximum absolute atomic E-state index is 12.3. The highest BCUT2D eigenvalue weighted by molar-refractivity contribution is 7.92. The number of unbranched alkanes of at least 4 members (excludes halogenated alkanes) is 5. The molecule has 0 atom stereocenters. The third-order valence-corrected chi connectivity index (χ3v) is 5.43. The summed E-state index contributed by atoms with van der Waals surface area (Å²) in [6, 6.07) is 6.13. The summed E-state index contributed by atoms with van der Waals surface area (Å²) in [6.07, 6.45) is 6.41. The van der Waals surface area contributed by atoms with Crippen molar-refractivity contribution in [2.45, 2.75) is 51.9 Å². The molecule has 0 unspecified atom stereocenters. The summed E-state index contributed by atoms with van der Waals surface area (Å²) >= 11 is 0. The lowest BCUT2D eigenvalue weighted by Crippen LogP contribution is -2.33. The van der Waals surface area contributed by atoms with Gasteiger partial charge in [-0.3, -0.25) is 14.3 Å². The summed E-state index contributed by atoms with van der Waals surface area (Å²) in [5, 5.41) is 2.48. The highest BCUT2D eigenvalue weighted by Crippen LogP contribution is 2.18. The van der Waals surface area contributed by atoms with Crippen LogP contribution in [-0.2, 0) is 14.8 Å². The average molecular weight is 434 g/mol. The molecule has 4 N–H and O–H groups in total. The number of nitrogens with two attached hydrogens (primary N) is 1. The smallest absolute Gasteiger partial charge is 0.292 e.